The van der Waals surface area contributed by atoms with Crippen LogP contribution < -0.4 is 10.6 Å². The number of anilines is 3. The van der Waals surface area contributed by atoms with Gasteiger partial charge in [0.1, 0.15) is 11.6 Å². The molecule has 1 atom stereocenters. The van der Waals surface area contributed by atoms with Gasteiger partial charge in [0.25, 0.3) is 0 Å². The van der Waals surface area contributed by atoms with E-state index in [9.17, 15) is 0 Å². The standard InChI is InChI=1S/C21H25N5/c1-15(21(2,3)4)23-18-14-19(24-17-10-12-22-13-11-17)26-20(25-18)16-8-6-5-7-9-16/h5-15H,1-4H3,(H2,22,23,24,25,26). The van der Waals surface area contributed by atoms with Crippen LogP contribution in [-0.4, -0.2) is 21.0 Å². The molecule has 0 fully saturated rings. The van der Waals surface area contributed by atoms with Crippen molar-refractivity contribution in [2.24, 2.45) is 5.41 Å². The van der Waals surface area contributed by atoms with Crippen molar-refractivity contribution in [3.8, 4) is 11.4 Å². The fourth-order valence-corrected chi connectivity index (χ4v) is 2.32. The van der Waals surface area contributed by atoms with Gasteiger partial charge in [-0.15, -0.1) is 0 Å². The minimum absolute atomic E-state index is 0.122. The number of hydrogen-bond acceptors (Lipinski definition) is 5. The zero-order chi connectivity index (χ0) is 18.6. The Hall–Kier alpha value is -2.95. The number of hydrogen-bond donors (Lipinski definition) is 2. The van der Waals surface area contributed by atoms with Crippen LogP contribution in [0.5, 0.6) is 0 Å². The van der Waals surface area contributed by atoms with Crippen molar-refractivity contribution in [3.05, 3.63) is 60.9 Å². The zero-order valence-electron chi connectivity index (χ0n) is 15.7. The highest BCUT2D eigenvalue weighted by molar-refractivity contribution is 5.65. The molecule has 134 valence electrons. The Kier molecular flexibility index (Phi) is 5.16. The van der Waals surface area contributed by atoms with E-state index < -0.39 is 0 Å². The van der Waals surface area contributed by atoms with E-state index in [1.807, 2.05) is 48.5 Å². The predicted octanol–water partition coefficient (Wildman–Crippen LogP) is 5.13. The first-order chi connectivity index (χ1) is 12.4. The minimum atomic E-state index is 0.122. The second-order valence-corrected chi connectivity index (χ2v) is 7.42. The monoisotopic (exact) mass is 347 g/mol. The van der Waals surface area contributed by atoms with Gasteiger partial charge in [-0.25, -0.2) is 9.97 Å². The lowest BCUT2D eigenvalue weighted by molar-refractivity contribution is 0.359. The molecule has 3 rings (SSSR count). The maximum Gasteiger partial charge on any atom is 0.163 e. The minimum Gasteiger partial charge on any atom is -0.367 e. The molecule has 26 heavy (non-hydrogen) atoms. The largest absolute Gasteiger partial charge is 0.367 e. The second-order valence-electron chi connectivity index (χ2n) is 7.42. The Bertz CT molecular complexity index is 841. The average molecular weight is 347 g/mol. The van der Waals surface area contributed by atoms with Crippen molar-refractivity contribution in [3.63, 3.8) is 0 Å². The molecule has 5 heteroatoms. The second kappa shape index (κ2) is 7.52. The molecule has 0 spiro atoms. The van der Waals surface area contributed by atoms with Gasteiger partial charge in [0, 0.05) is 35.8 Å². The van der Waals surface area contributed by atoms with Crippen LogP contribution >= 0.6 is 0 Å². The maximum absolute atomic E-state index is 4.72. The van der Waals surface area contributed by atoms with Gasteiger partial charge in [-0.1, -0.05) is 51.1 Å². The van der Waals surface area contributed by atoms with Crippen LogP contribution in [0.1, 0.15) is 27.7 Å². The number of nitrogens with one attached hydrogen (secondary N) is 2. The van der Waals surface area contributed by atoms with Crippen molar-refractivity contribution < 1.29 is 0 Å². The molecule has 2 heterocycles. The molecule has 1 unspecified atom stereocenters. The number of benzene rings is 1. The molecule has 0 amide bonds. The Balaban J connectivity index is 1.96. The Morgan fingerprint density at radius 1 is 0.885 bits per heavy atom. The van der Waals surface area contributed by atoms with Crippen LogP contribution in [-0.2, 0) is 0 Å². The van der Waals surface area contributed by atoms with Crippen molar-refractivity contribution in [2.75, 3.05) is 10.6 Å². The summed E-state index contributed by atoms with van der Waals surface area (Å²) in [6.45, 7) is 8.79. The van der Waals surface area contributed by atoms with E-state index in [0.717, 1.165) is 22.9 Å². The SMILES string of the molecule is CC(Nc1cc(Nc2ccncc2)nc(-c2ccccc2)n1)C(C)(C)C. The van der Waals surface area contributed by atoms with Crippen LogP contribution in [0.3, 0.4) is 0 Å². The normalized spacial score (nSPS) is 12.5. The molecule has 5 nitrogen and oxygen atoms in total. The molecule has 1 aromatic carbocycles. The lowest BCUT2D eigenvalue weighted by atomic mass is 9.88. The highest BCUT2D eigenvalue weighted by Gasteiger charge is 2.20. The highest BCUT2D eigenvalue weighted by atomic mass is 15.1. The van der Waals surface area contributed by atoms with Gasteiger partial charge in [0.15, 0.2) is 5.82 Å². The summed E-state index contributed by atoms with van der Waals surface area (Å²) >= 11 is 0. The van der Waals surface area contributed by atoms with E-state index in [-0.39, 0.29) is 11.5 Å². The summed E-state index contributed by atoms with van der Waals surface area (Å²) in [6, 6.07) is 16.0. The van der Waals surface area contributed by atoms with Crippen molar-refractivity contribution in [2.45, 2.75) is 33.7 Å². The van der Waals surface area contributed by atoms with Gasteiger partial charge < -0.3 is 10.6 Å². The van der Waals surface area contributed by atoms with Crippen LogP contribution in [0.25, 0.3) is 11.4 Å². The van der Waals surface area contributed by atoms with Gasteiger partial charge in [-0.05, 0) is 24.5 Å². The highest BCUT2D eigenvalue weighted by Crippen LogP contribution is 2.26. The molecular formula is C21H25N5. The van der Waals surface area contributed by atoms with Crippen LogP contribution in [0.4, 0.5) is 17.3 Å². The molecule has 3 aromatic rings. The summed E-state index contributed by atoms with van der Waals surface area (Å²) in [5.41, 5.74) is 2.04. The molecule has 0 aliphatic heterocycles. The number of nitrogens with zero attached hydrogens (tertiary/aromatic N) is 3. The fraction of sp³-hybridized carbons (Fsp3) is 0.286. The van der Waals surface area contributed by atoms with E-state index in [2.05, 4.69) is 48.3 Å². The number of pyridine rings is 1. The van der Waals surface area contributed by atoms with Crippen LogP contribution in [0.15, 0.2) is 60.9 Å². The quantitative estimate of drug-likeness (QED) is 0.670. The number of rotatable bonds is 5. The smallest absolute Gasteiger partial charge is 0.163 e. The van der Waals surface area contributed by atoms with Gasteiger partial charge in [0.05, 0.1) is 0 Å². The van der Waals surface area contributed by atoms with E-state index in [1.54, 1.807) is 12.4 Å². The molecule has 0 radical (unpaired) electrons. The van der Waals surface area contributed by atoms with Gasteiger partial charge >= 0.3 is 0 Å². The molecular weight excluding hydrogens is 322 g/mol. The number of aromatic nitrogens is 3. The lowest BCUT2D eigenvalue weighted by Gasteiger charge is -2.28. The molecule has 2 aromatic heterocycles. The van der Waals surface area contributed by atoms with E-state index in [0.29, 0.717) is 5.82 Å². The van der Waals surface area contributed by atoms with Crippen molar-refractivity contribution >= 4 is 17.3 Å². The average Bonchev–Trinajstić information content (AvgIpc) is 2.62. The van der Waals surface area contributed by atoms with E-state index >= 15 is 0 Å². The topological polar surface area (TPSA) is 62.7 Å². The van der Waals surface area contributed by atoms with Crippen molar-refractivity contribution in [1.29, 1.82) is 0 Å². The Morgan fingerprint density at radius 3 is 2.19 bits per heavy atom. The zero-order valence-corrected chi connectivity index (χ0v) is 15.7. The molecule has 0 saturated carbocycles. The lowest BCUT2D eigenvalue weighted by Crippen LogP contribution is -2.31. The summed E-state index contributed by atoms with van der Waals surface area (Å²) in [4.78, 5) is 13.5. The predicted molar refractivity (Wildman–Crippen MR) is 108 cm³/mol. The first-order valence-corrected chi connectivity index (χ1v) is 8.80. The maximum atomic E-state index is 4.72. The first kappa shape index (κ1) is 17.9. The summed E-state index contributed by atoms with van der Waals surface area (Å²) in [7, 11) is 0. The molecule has 0 bridgehead atoms. The molecule has 2 N–H and O–H groups in total. The van der Waals surface area contributed by atoms with E-state index in [1.165, 1.54) is 0 Å². The fourth-order valence-electron chi connectivity index (χ4n) is 2.32. The van der Waals surface area contributed by atoms with Crippen molar-refractivity contribution in [1.82, 2.24) is 15.0 Å². The van der Waals surface area contributed by atoms with Crippen LogP contribution in [0, 0.1) is 5.41 Å². The van der Waals surface area contributed by atoms with Crippen LogP contribution in [0.2, 0.25) is 0 Å². The van der Waals surface area contributed by atoms with Gasteiger partial charge in [-0.2, -0.15) is 0 Å². The van der Waals surface area contributed by atoms with Gasteiger partial charge in [0.2, 0.25) is 0 Å². The summed E-state index contributed by atoms with van der Waals surface area (Å²) < 4.78 is 0. The summed E-state index contributed by atoms with van der Waals surface area (Å²) in [5.74, 6) is 2.24. The third kappa shape index (κ3) is 4.57. The first-order valence-electron chi connectivity index (χ1n) is 8.80. The third-order valence-electron chi connectivity index (χ3n) is 4.37. The van der Waals surface area contributed by atoms with Gasteiger partial charge in [-0.3, -0.25) is 4.98 Å². The molecule has 0 aliphatic carbocycles. The Morgan fingerprint density at radius 2 is 1.54 bits per heavy atom. The summed E-state index contributed by atoms with van der Waals surface area (Å²) in [5, 5.41) is 6.85. The molecule has 0 aliphatic rings. The van der Waals surface area contributed by atoms with E-state index in [4.69, 9.17) is 4.98 Å². The summed E-state index contributed by atoms with van der Waals surface area (Å²) in [6.07, 6.45) is 3.50. The third-order valence-corrected chi connectivity index (χ3v) is 4.37. The Labute approximate surface area is 154 Å². The molecule has 0 saturated heterocycles.